The second-order valence-corrected chi connectivity index (χ2v) is 4.70. The molecular formula is C12H21N5. The average molecular weight is 235 g/mol. The molecule has 0 aromatic heterocycles. The third-order valence-corrected chi connectivity index (χ3v) is 3.54. The van der Waals surface area contributed by atoms with Crippen LogP contribution in [0.2, 0.25) is 0 Å². The lowest BCUT2D eigenvalue weighted by Gasteiger charge is -2.35. The van der Waals surface area contributed by atoms with Crippen molar-refractivity contribution in [2.75, 3.05) is 0 Å². The van der Waals surface area contributed by atoms with E-state index in [1.165, 1.54) is 12.0 Å². The highest BCUT2D eigenvalue weighted by atomic mass is 15.5. The number of allylic oxidation sites excluding steroid dienone is 1. The highest BCUT2D eigenvalue weighted by Crippen LogP contribution is 2.25. The molecular weight excluding hydrogens is 214 g/mol. The van der Waals surface area contributed by atoms with E-state index in [0.717, 1.165) is 19.3 Å². The summed E-state index contributed by atoms with van der Waals surface area (Å²) in [5.74, 6) is 6.69. The maximum absolute atomic E-state index is 6.07. The lowest BCUT2D eigenvalue weighted by atomic mass is 9.92. The minimum absolute atomic E-state index is 0.358. The minimum Gasteiger partial charge on any atom is -0.400 e. The van der Waals surface area contributed by atoms with Crippen molar-refractivity contribution in [3.05, 3.63) is 23.2 Å². The maximum atomic E-state index is 6.07. The Bertz CT molecular complexity index is 390. The Morgan fingerprint density at radius 2 is 2.12 bits per heavy atom. The first-order chi connectivity index (χ1) is 8.13. The van der Waals surface area contributed by atoms with Crippen LogP contribution in [0.3, 0.4) is 0 Å². The van der Waals surface area contributed by atoms with E-state index in [-0.39, 0.29) is 0 Å². The van der Waals surface area contributed by atoms with Crippen molar-refractivity contribution in [2.24, 2.45) is 22.3 Å². The first-order valence-corrected chi connectivity index (χ1v) is 6.17. The van der Waals surface area contributed by atoms with Gasteiger partial charge in [-0.1, -0.05) is 6.92 Å². The van der Waals surface area contributed by atoms with E-state index < -0.39 is 0 Å². The molecule has 1 aliphatic heterocycles. The second kappa shape index (κ2) is 4.79. The van der Waals surface area contributed by atoms with Gasteiger partial charge in [0.1, 0.15) is 0 Å². The summed E-state index contributed by atoms with van der Waals surface area (Å²) in [5.41, 5.74) is 14.4. The number of hydrogen-bond donors (Lipinski definition) is 3. The Labute approximate surface area is 102 Å². The molecule has 17 heavy (non-hydrogen) atoms. The topological polar surface area (TPSA) is 93.7 Å². The molecule has 0 spiro atoms. The van der Waals surface area contributed by atoms with Gasteiger partial charge < -0.3 is 11.5 Å². The van der Waals surface area contributed by atoms with Crippen LogP contribution >= 0.6 is 0 Å². The summed E-state index contributed by atoms with van der Waals surface area (Å²) in [6.45, 7) is 2.09. The smallest absolute Gasteiger partial charge is 0.168 e. The molecule has 5 heteroatoms. The van der Waals surface area contributed by atoms with Crippen molar-refractivity contribution >= 4 is 5.84 Å². The molecule has 2 aliphatic rings. The first kappa shape index (κ1) is 12.0. The summed E-state index contributed by atoms with van der Waals surface area (Å²) in [5, 5.41) is 1.68. The van der Waals surface area contributed by atoms with E-state index in [0.29, 0.717) is 29.7 Å². The van der Waals surface area contributed by atoms with E-state index in [1.807, 2.05) is 6.20 Å². The van der Waals surface area contributed by atoms with Crippen LogP contribution in [-0.2, 0) is 0 Å². The van der Waals surface area contributed by atoms with E-state index in [1.54, 1.807) is 5.01 Å². The van der Waals surface area contributed by atoms with Crippen LogP contribution in [0.1, 0.15) is 39.0 Å². The molecule has 1 fully saturated rings. The number of aliphatic imine (C=N–C) groups is 1. The molecule has 0 amide bonds. The minimum atomic E-state index is 0.358. The Morgan fingerprint density at radius 3 is 2.65 bits per heavy atom. The van der Waals surface area contributed by atoms with Crippen molar-refractivity contribution in [2.45, 2.75) is 45.1 Å². The summed E-state index contributed by atoms with van der Waals surface area (Å²) in [6, 6.07) is 0.358. The summed E-state index contributed by atoms with van der Waals surface area (Å²) in [7, 11) is 0. The van der Waals surface area contributed by atoms with Gasteiger partial charge in [-0.15, -0.1) is 0 Å². The van der Waals surface area contributed by atoms with Gasteiger partial charge in [-0.05, 0) is 31.3 Å². The lowest BCUT2D eigenvalue weighted by molar-refractivity contribution is 0.212. The fourth-order valence-electron chi connectivity index (χ4n) is 2.01. The van der Waals surface area contributed by atoms with Gasteiger partial charge in [-0.3, -0.25) is 5.01 Å². The molecule has 0 bridgehead atoms. The van der Waals surface area contributed by atoms with Crippen LogP contribution in [0.4, 0.5) is 0 Å². The van der Waals surface area contributed by atoms with Gasteiger partial charge >= 0.3 is 0 Å². The Kier molecular flexibility index (Phi) is 3.38. The molecule has 0 saturated heterocycles. The number of hydrogen-bond acceptors (Lipinski definition) is 5. The van der Waals surface area contributed by atoms with Crippen molar-refractivity contribution < 1.29 is 0 Å². The molecule has 6 N–H and O–H groups in total. The standard InChI is InChI=1S/C12H21N5/c1-2-8-6-10(13)11(14)12(16-7-8)17(15)9-4-3-5-9/h7,9H,2-6,13-15H2,1H3. The van der Waals surface area contributed by atoms with Gasteiger partial charge in [0, 0.05) is 24.4 Å². The molecule has 1 heterocycles. The van der Waals surface area contributed by atoms with Crippen molar-refractivity contribution in [3.63, 3.8) is 0 Å². The van der Waals surface area contributed by atoms with Crippen molar-refractivity contribution in [1.82, 2.24) is 5.01 Å². The van der Waals surface area contributed by atoms with Crippen molar-refractivity contribution in [3.8, 4) is 0 Å². The number of nitrogens with zero attached hydrogens (tertiary/aromatic N) is 2. The third-order valence-electron chi connectivity index (χ3n) is 3.54. The lowest BCUT2D eigenvalue weighted by Crippen LogP contribution is -2.50. The largest absolute Gasteiger partial charge is 0.400 e. The van der Waals surface area contributed by atoms with Gasteiger partial charge in [0.2, 0.25) is 0 Å². The third kappa shape index (κ3) is 2.29. The normalized spacial score (nSPS) is 21.5. The van der Waals surface area contributed by atoms with E-state index in [4.69, 9.17) is 17.3 Å². The predicted molar refractivity (Wildman–Crippen MR) is 69.5 cm³/mol. The molecule has 1 aliphatic carbocycles. The van der Waals surface area contributed by atoms with Gasteiger partial charge in [-0.25, -0.2) is 10.8 Å². The van der Waals surface area contributed by atoms with Gasteiger partial charge in [0.25, 0.3) is 0 Å². The molecule has 5 nitrogen and oxygen atoms in total. The maximum Gasteiger partial charge on any atom is 0.168 e. The van der Waals surface area contributed by atoms with Crippen LogP contribution in [0.15, 0.2) is 28.2 Å². The average Bonchev–Trinajstić information content (AvgIpc) is 2.37. The van der Waals surface area contributed by atoms with Crippen LogP contribution in [0.5, 0.6) is 0 Å². The number of amidine groups is 1. The van der Waals surface area contributed by atoms with Gasteiger partial charge in [-0.2, -0.15) is 0 Å². The molecule has 0 radical (unpaired) electrons. The monoisotopic (exact) mass is 235 g/mol. The summed E-state index contributed by atoms with van der Waals surface area (Å²) < 4.78 is 0. The zero-order chi connectivity index (χ0) is 12.4. The molecule has 0 aromatic rings. The first-order valence-electron chi connectivity index (χ1n) is 6.17. The molecule has 0 unspecified atom stereocenters. The summed E-state index contributed by atoms with van der Waals surface area (Å²) in [4.78, 5) is 4.40. The number of rotatable bonds is 2. The molecule has 2 rings (SSSR count). The van der Waals surface area contributed by atoms with Crippen molar-refractivity contribution in [1.29, 1.82) is 0 Å². The van der Waals surface area contributed by atoms with E-state index in [2.05, 4.69) is 11.9 Å². The van der Waals surface area contributed by atoms with Gasteiger partial charge in [0.05, 0.1) is 5.70 Å². The molecule has 1 saturated carbocycles. The van der Waals surface area contributed by atoms with Crippen LogP contribution in [0.25, 0.3) is 0 Å². The quantitative estimate of drug-likeness (QED) is 0.490. The number of nitrogens with two attached hydrogens (primary N) is 3. The van der Waals surface area contributed by atoms with Crippen LogP contribution in [0, 0.1) is 0 Å². The summed E-state index contributed by atoms with van der Waals surface area (Å²) >= 11 is 0. The Balaban J connectivity index is 2.26. The van der Waals surface area contributed by atoms with Crippen LogP contribution < -0.4 is 17.3 Å². The zero-order valence-electron chi connectivity index (χ0n) is 10.3. The molecule has 0 aromatic carbocycles. The van der Waals surface area contributed by atoms with Gasteiger partial charge in [0.15, 0.2) is 5.84 Å². The number of hydrazine groups is 1. The fourth-order valence-corrected chi connectivity index (χ4v) is 2.01. The summed E-state index contributed by atoms with van der Waals surface area (Å²) in [6.07, 6.45) is 6.90. The molecule has 94 valence electrons. The zero-order valence-corrected chi connectivity index (χ0v) is 10.3. The SMILES string of the molecule is CCC1=CN=C(N(N)C2CCC2)C(N)=C(N)C1. The fraction of sp³-hybridized carbons (Fsp3) is 0.583. The predicted octanol–water partition coefficient (Wildman–Crippen LogP) is 0.940. The highest BCUT2D eigenvalue weighted by Gasteiger charge is 2.27. The Morgan fingerprint density at radius 1 is 1.41 bits per heavy atom. The van der Waals surface area contributed by atoms with E-state index >= 15 is 0 Å². The molecule has 0 atom stereocenters. The van der Waals surface area contributed by atoms with Crippen LogP contribution in [-0.4, -0.2) is 16.9 Å². The Hall–Kier alpha value is -1.49. The highest BCUT2D eigenvalue weighted by molar-refractivity contribution is 5.98. The second-order valence-electron chi connectivity index (χ2n) is 4.70. The van der Waals surface area contributed by atoms with E-state index in [9.17, 15) is 0 Å².